The van der Waals surface area contributed by atoms with Crippen LogP contribution >= 0.6 is 0 Å². The van der Waals surface area contributed by atoms with Crippen LogP contribution in [0.4, 0.5) is 0 Å². The van der Waals surface area contributed by atoms with Crippen molar-refractivity contribution in [1.82, 2.24) is 0 Å². The molecule has 0 spiro atoms. The lowest BCUT2D eigenvalue weighted by molar-refractivity contribution is 0.487. The Morgan fingerprint density at radius 1 is 1.00 bits per heavy atom. The van der Waals surface area contributed by atoms with Crippen LogP contribution in [0.25, 0.3) is 21.7 Å². The largest absolute Gasteiger partial charge is 0.360 e. The highest BCUT2D eigenvalue weighted by molar-refractivity contribution is 6.05. The van der Waals surface area contributed by atoms with Crippen molar-refractivity contribution in [1.29, 1.82) is 0 Å². The van der Waals surface area contributed by atoms with Gasteiger partial charge in [-0.2, -0.15) is 0 Å². The first-order valence-corrected chi connectivity index (χ1v) is 7.39. The maximum atomic E-state index is 6.15. The van der Waals surface area contributed by atoms with Gasteiger partial charge in [-0.05, 0) is 42.2 Å². The maximum Gasteiger partial charge on any atom is 0.360 e. The van der Waals surface area contributed by atoms with E-state index in [-0.39, 0.29) is 0 Å². The van der Waals surface area contributed by atoms with Crippen molar-refractivity contribution in [3.8, 4) is 0 Å². The van der Waals surface area contributed by atoms with Gasteiger partial charge < -0.3 is 0 Å². The van der Waals surface area contributed by atoms with Crippen LogP contribution in [0, 0.1) is 12.8 Å². The quantitative estimate of drug-likeness (QED) is 0.432. The van der Waals surface area contributed by atoms with Gasteiger partial charge in [0, 0.05) is 11.6 Å². The number of hydrogen-bond acceptors (Lipinski definition) is 0. The fourth-order valence-corrected chi connectivity index (χ4v) is 2.69. The van der Waals surface area contributed by atoms with Crippen molar-refractivity contribution in [3.63, 3.8) is 0 Å². The van der Waals surface area contributed by atoms with Crippen molar-refractivity contribution in [2.24, 2.45) is 5.92 Å². The maximum absolute atomic E-state index is 6.15. The zero-order valence-corrected chi connectivity index (χ0v) is 12.4. The van der Waals surface area contributed by atoms with E-state index in [1.165, 1.54) is 28.1 Å². The first-order chi connectivity index (χ1) is 9.65. The molecule has 2 aromatic carbocycles. The van der Waals surface area contributed by atoms with Gasteiger partial charge in [-0.3, -0.25) is 0 Å². The van der Waals surface area contributed by atoms with E-state index in [4.69, 9.17) is 4.42 Å². The number of fused-ring (bicyclic) bond motifs is 3. The van der Waals surface area contributed by atoms with Crippen molar-refractivity contribution in [2.45, 2.75) is 33.6 Å². The first kappa shape index (κ1) is 13.1. The summed E-state index contributed by atoms with van der Waals surface area (Å²) in [4.78, 5) is 0. The fraction of sp³-hybridized carbons (Fsp3) is 0.316. The predicted molar refractivity (Wildman–Crippen MR) is 86.0 cm³/mol. The van der Waals surface area contributed by atoms with E-state index in [0.29, 0.717) is 5.92 Å². The summed E-state index contributed by atoms with van der Waals surface area (Å²) in [5, 5.41) is 3.76. The zero-order valence-electron chi connectivity index (χ0n) is 12.4. The molecule has 0 aliphatic heterocycles. The van der Waals surface area contributed by atoms with E-state index in [1.54, 1.807) is 0 Å². The summed E-state index contributed by atoms with van der Waals surface area (Å²) in [5.74, 6) is 1.83. The zero-order chi connectivity index (χ0) is 14.1. The van der Waals surface area contributed by atoms with E-state index in [0.717, 1.165) is 17.8 Å². The summed E-state index contributed by atoms with van der Waals surface area (Å²) >= 11 is 0. The van der Waals surface area contributed by atoms with Crippen molar-refractivity contribution < 1.29 is 4.42 Å². The van der Waals surface area contributed by atoms with E-state index in [2.05, 4.69) is 63.2 Å². The lowest BCUT2D eigenvalue weighted by Crippen LogP contribution is -1.95. The molecule has 0 aliphatic carbocycles. The molecule has 0 amide bonds. The van der Waals surface area contributed by atoms with Crippen LogP contribution in [0.3, 0.4) is 0 Å². The highest BCUT2D eigenvalue weighted by atomic mass is 16.3. The Balaban J connectivity index is 2.14. The van der Waals surface area contributed by atoms with Crippen LogP contribution in [0.5, 0.6) is 0 Å². The van der Waals surface area contributed by atoms with Gasteiger partial charge >= 0.3 is 11.3 Å². The molecule has 3 rings (SSSR count). The number of aryl methyl sites for hydroxylation is 2. The molecule has 0 atom stereocenters. The van der Waals surface area contributed by atoms with Crippen LogP contribution in [-0.4, -0.2) is 0 Å². The Hall–Kier alpha value is -1.89. The van der Waals surface area contributed by atoms with Gasteiger partial charge in [0.1, 0.15) is 0 Å². The average Bonchev–Trinajstić information content (AvgIpc) is 2.45. The molecular weight excluding hydrogens is 244 g/mol. The molecule has 0 radical (unpaired) electrons. The SMILES string of the molecule is Cc1cc2c(ccc3ccccc32)[o+]c1CCC(C)C. The molecule has 0 N–H and O–H groups in total. The topological polar surface area (TPSA) is 11.3 Å². The second-order valence-corrected chi connectivity index (χ2v) is 5.98. The minimum absolute atomic E-state index is 0.705. The molecule has 0 saturated heterocycles. The van der Waals surface area contributed by atoms with E-state index in [9.17, 15) is 0 Å². The Morgan fingerprint density at radius 2 is 1.80 bits per heavy atom. The van der Waals surface area contributed by atoms with Gasteiger partial charge in [0.2, 0.25) is 0 Å². The van der Waals surface area contributed by atoms with E-state index in [1.807, 2.05) is 0 Å². The molecule has 3 aromatic rings. The van der Waals surface area contributed by atoms with Crippen LogP contribution < -0.4 is 0 Å². The third-order valence-corrected chi connectivity index (χ3v) is 3.91. The summed E-state index contributed by atoms with van der Waals surface area (Å²) in [6, 6.07) is 15.0. The molecule has 0 unspecified atom stereocenters. The minimum atomic E-state index is 0.705. The number of benzene rings is 2. The third-order valence-electron chi connectivity index (χ3n) is 3.91. The third kappa shape index (κ3) is 2.40. The van der Waals surface area contributed by atoms with Gasteiger partial charge in [0.25, 0.3) is 0 Å². The summed E-state index contributed by atoms with van der Waals surface area (Å²) < 4.78 is 6.15. The van der Waals surface area contributed by atoms with Crippen LogP contribution in [0.2, 0.25) is 0 Å². The van der Waals surface area contributed by atoms with Crippen LogP contribution in [0.15, 0.2) is 46.9 Å². The highest BCUT2D eigenvalue weighted by Gasteiger charge is 2.18. The van der Waals surface area contributed by atoms with Gasteiger partial charge in [0.15, 0.2) is 0 Å². The molecule has 1 nitrogen and oxygen atoms in total. The Kier molecular flexibility index (Phi) is 3.43. The van der Waals surface area contributed by atoms with Gasteiger partial charge in [-0.25, -0.2) is 4.42 Å². The van der Waals surface area contributed by atoms with Crippen molar-refractivity contribution >= 4 is 21.7 Å². The molecule has 1 aromatic heterocycles. The lowest BCUT2D eigenvalue weighted by atomic mass is 10.0. The molecule has 1 heteroatoms. The highest BCUT2D eigenvalue weighted by Crippen LogP contribution is 2.28. The minimum Gasteiger partial charge on any atom is -0.212 e. The standard InChI is InChI=1S/C19H21O/c1-13(2)8-10-18-14(3)12-17-16-7-5-4-6-15(16)9-11-19(17)20-18/h4-7,9,11-13H,8,10H2,1-3H3/q+1. The van der Waals surface area contributed by atoms with E-state index >= 15 is 0 Å². The Morgan fingerprint density at radius 3 is 2.60 bits per heavy atom. The summed E-state index contributed by atoms with van der Waals surface area (Å²) in [5.41, 5.74) is 2.25. The number of rotatable bonds is 3. The molecule has 20 heavy (non-hydrogen) atoms. The Bertz CT molecular complexity index is 756. The van der Waals surface area contributed by atoms with E-state index < -0.39 is 0 Å². The predicted octanol–water partition coefficient (Wildman–Crippen LogP) is 5.76. The van der Waals surface area contributed by atoms with Gasteiger partial charge in [-0.1, -0.05) is 38.1 Å². The fourth-order valence-electron chi connectivity index (χ4n) is 2.69. The molecule has 0 aliphatic rings. The second kappa shape index (κ2) is 5.24. The Labute approximate surface area is 120 Å². The molecule has 0 bridgehead atoms. The monoisotopic (exact) mass is 265 g/mol. The number of hydrogen-bond donors (Lipinski definition) is 0. The average molecular weight is 265 g/mol. The molecule has 1 heterocycles. The van der Waals surface area contributed by atoms with Gasteiger partial charge in [-0.15, -0.1) is 0 Å². The second-order valence-electron chi connectivity index (χ2n) is 5.98. The van der Waals surface area contributed by atoms with Gasteiger partial charge in [0.05, 0.1) is 11.8 Å². The summed E-state index contributed by atoms with van der Waals surface area (Å²) in [6.45, 7) is 6.66. The summed E-state index contributed by atoms with van der Waals surface area (Å²) in [7, 11) is 0. The molecule has 102 valence electrons. The van der Waals surface area contributed by atoms with Crippen LogP contribution in [-0.2, 0) is 6.42 Å². The normalized spacial score (nSPS) is 11.6. The van der Waals surface area contributed by atoms with Crippen molar-refractivity contribution in [3.05, 3.63) is 53.8 Å². The molecular formula is C19H21O+. The first-order valence-electron chi connectivity index (χ1n) is 7.39. The van der Waals surface area contributed by atoms with Crippen molar-refractivity contribution in [2.75, 3.05) is 0 Å². The smallest absolute Gasteiger partial charge is 0.212 e. The van der Waals surface area contributed by atoms with Crippen LogP contribution in [0.1, 0.15) is 31.6 Å². The molecule has 0 saturated carbocycles. The summed E-state index contributed by atoms with van der Waals surface area (Å²) in [6.07, 6.45) is 2.19. The lowest BCUT2D eigenvalue weighted by Gasteiger charge is -2.02. The molecule has 0 fully saturated rings.